The molecule has 2 aliphatic rings. The molecule has 0 bridgehead atoms. The largest absolute Gasteiger partial charge is 4.00 e. The second-order valence-corrected chi connectivity index (χ2v) is 10.7. The van der Waals surface area contributed by atoms with E-state index in [0.29, 0.717) is 11.0 Å². The van der Waals surface area contributed by atoms with Crippen LogP contribution in [-0.2, 0) is 21.7 Å². The molecule has 2 aliphatic carbocycles. The zero-order valence-corrected chi connectivity index (χ0v) is 21.9. The monoisotopic (exact) mass is 478 g/mol. The van der Waals surface area contributed by atoms with Crippen LogP contribution in [0.2, 0.25) is 5.04 Å². The molecular formula is C22H33Cl3SiTi. The summed E-state index contributed by atoms with van der Waals surface area (Å²) in [4.78, 5) is 0. The van der Waals surface area contributed by atoms with Crippen LogP contribution in [0.15, 0.2) is 42.5 Å². The molecule has 0 spiro atoms. The van der Waals surface area contributed by atoms with Gasteiger partial charge in [-0.05, 0) is 23.8 Å². The molecule has 0 nitrogen and oxygen atoms in total. The Morgan fingerprint density at radius 3 is 2.44 bits per heavy atom. The molecule has 2 atom stereocenters. The molecule has 0 amide bonds. The molecule has 0 saturated heterocycles. The van der Waals surface area contributed by atoms with Gasteiger partial charge in [0.05, 0.1) is 0 Å². The van der Waals surface area contributed by atoms with Gasteiger partial charge in [0.15, 0.2) is 0 Å². The van der Waals surface area contributed by atoms with Gasteiger partial charge in [0.1, 0.15) is 0 Å². The average Bonchev–Trinajstić information content (AvgIpc) is 3.04. The van der Waals surface area contributed by atoms with Crippen LogP contribution in [0.3, 0.4) is 0 Å². The minimum atomic E-state index is -0.266. The van der Waals surface area contributed by atoms with Gasteiger partial charge in [-0.1, -0.05) is 82.6 Å². The van der Waals surface area contributed by atoms with E-state index in [1.807, 2.05) is 0 Å². The summed E-state index contributed by atoms with van der Waals surface area (Å²) < 4.78 is 0. The summed E-state index contributed by atoms with van der Waals surface area (Å²) in [5.41, 5.74) is 1.57. The zero-order valence-electron chi connectivity index (χ0n) is 16.7. The standard InChI is InChI=1S/C22H33Si.3ClH.Ti/c1-3-18(2)20-12-13-21(16-20)23-22(14-8-5-9-15-22)17-19-10-6-4-7-11-19;;;;/h5,8-9,12-14,16,18-19H,3-4,6-7,10-11,15,17,23H2,1-2H3;3*1H;/q-1;;;;+4/p-3. The molecule has 0 radical (unpaired) electrons. The van der Waals surface area contributed by atoms with Crippen molar-refractivity contribution in [2.75, 3.05) is 0 Å². The van der Waals surface area contributed by atoms with Crippen molar-refractivity contribution < 1.29 is 58.9 Å². The maximum atomic E-state index is 2.59. The van der Waals surface area contributed by atoms with Crippen molar-refractivity contribution in [2.24, 2.45) is 5.92 Å². The SMILES string of the molecule is CCC(C)c1cc[c-]([SiH2]C2(CC3CCCCC3)C=CC=CC2)c1.[Cl-].[Cl-].[Cl-].[Ti+4]. The van der Waals surface area contributed by atoms with E-state index < -0.39 is 0 Å². The Morgan fingerprint density at radius 2 is 1.85 bits per heavy atom. The molecular weight excluding hydrogens is 447 g/mol. The van der Waals surface area contributed by atoms with Gasteiger partial charge in [-0.15, -0.1) is 0 Å². The van der Waals surface area contributed by atoms with Crippen LogP contribution >= 0.6 is 0 Å². The topological polar surface area (TPSA) is 0 Å². The Hall–Kier alpha value is 0.631. The van der Waals surface area contributed by atoms with E-state index in [9.17, 15) is 0 Å². The van der Waals surface area contributed by atoms with Crippen LogP contribution in [0.4, 0.5) is 0 Å². The summed E-state index contributed by atoms with van der Waals surface area (Å²) in [5.74, 6) is 1.70. The molecule has 1 aromatic rings. The zero-order chi connectivity index (χ0) is 16.1. The Morgan fingerprint density at radius 1 is 1.15 bits per heavy atom. The Balaban J connectivity index is 0. The third-order valence-corrected chi connectivity index (χ3v) is 8.59. The molecule has 1 aromatic carbocycles. The summed E-state index contributed by atoms with van der Waals surface area (Å²) in [6, 6.07) is 7.38. The van der Waals surface area contributed by atoms with Crippen molar-refractivity contribution in [2.45, 2.75) is 76.2 Å². The summed E-state index contributed by atoms with van der Waals surface area (Å²) >= 11 is 0. The molecule has 3 rings (SSSR count). The maximum absolute atomic E-state index is 2.59. The van der Waals surface area contributed by atoms with Crippen LogP contribution in [0.1, 0.15) is 76.7 Å². The van der Waals surface area contributed by atoms with Gasteiger partial charge in [0.25, 0.3) is 0 Å². The van der Waals surface area contributed by atoms with Gasteiger partial charge in [-0.2, -0.15) is 22.9 Å². The van der Waals surface area contributed by atoms with E-state index in [1.54, 1.807) is 10.8 Å². The van der Waals surface area contributed by atoms with Crippen molar-refractivity contribution in [3.8, 4) is 0 Å². The number of allylic oxidation sites excluding steroid dienone is 4. The molecule has 0 N–H and O–H groups in total. The van der Waals surface area contributed by atoms with E-state index in [0.717, 1.165) is 5.92 Å². The molecule has 1 saturated carbocycles. The molecule has 0 aromatic heterocycles. The third kappa shape index (κ3) is 8.49. The molecule has 5 heteroatoms. The second kappa shape index (κ2) is 14.6. The van der Waals surface area contributed by atoms with Gasteiger partial charge in [0, 0.05) is 9.52 Å². The van der Waals surface area contributed by atoms with Gasteiger partial charge in [-0.25, -0.2) is 6.07 Å². The first-order chi connectivity index (χ1) is 11.2. The van der Waals surface area contributed by atoms with Crippen molar-refractivity contribution in [3.63, 3.8) is 0 Å². The Kier molecular flexibility index (Phi) is 16.1. The predicted octanol–water partition coefficient (Wildman–Crippen LogP) is -3.63. The van der Waals surface area contributed by atoms with E-state index in [4.69, 9.17) is 0 Å². The van der Waals surface area contributed by atoms with E-state index in [2.05, 4.69) is 56.4 Å². The minimum Gasteiger partial charge on any atom is -1.00 e. The van der Waals surface area contributed by atoms with Crippen LogP contribution < -0.4 is 42.4 Å². The summed E-state index contributed by atoms with van der Waals surface area (Å²) in [7, 11) is -0.266. The molecule has 1 fully saturated rings. The van der Waals surface area contributed by atoms with Crippen LogP contribution in [0.25, 0.3) is 0 Å². The molecule has 2 unspecified atom stereocenters. The Bertz CT molecular complexity index is 564. The van der Waals surface area contributed by atoms with Gasteiger partial charge in [-0.3, -0.25) is 0 Å². The summed E-state index contributed by atoms with van der Waals surface area (Å²) in [6.07, 6.45) is 20.9. The number of hydrogen-bond acceptors (Lipinski definition) is 0. The third-order valence-electron chi connectivity index (χ3n) is 6.22. The number of hydrogen-bond donors (Lipinski definition) is 0. The second-order valence-electron chi connectivity index (χ2n) is 8.10. The van der Waals surface area contributed by atoms with Crippen molar-refractivity contribution in [1.82, 2.24) is 0 Å². The predicted molar refractivity (Wildman–Crippen MR) is 106 cm³/mol. The quantitative estimate of drug-likeness (QED) is 0.292. The first-order valence-electron chi connectivity index (χ1n) is 9.81. The first kappa shape index (κ1) is 29.8. The number of rotatable bonds is 6. The maximum Gasteiger partial charge on any atom is 4.00 e. The van der Waals surface area contributed by atoms with Crippen molar-refractivity contribution in [3.05, 3.63) is 48.1 Å². The minimum absolute atomic E-state index is 0. The fourth-order valence-corrected chi connectivity index (χ4v) is 7.11. The average molecular weight is 480 g/mol. The smallest absolute Gasteiger partial charge is 1.00 e. The normalized spacial score (nSPS) is 23.0. The molecule has 0 heterocycles. The van der Waals surface area contributed by atoms with Gasteiger partial charge < -0.3 is 37.2 Å². The molecule has 27 heavy (non-hydrogen) atoms. The van der Waals surface area contributed by atoms with Gasteiger partial charge >= 0.3 is 21.7 Å². The van der Waals surface area contributed by atoms with Crippen LogP contribution in [0.5, 0.6) is 0 Å². The van der Waals surface area contributed by atoms with Crippen molar-refractivity contribution >= 4 is 14.7 Å². The number of halogens is 3. The summed E-state index contributed by atoms with van der Waals surface area (Å²) in [5, 5.41) is 2.20. The van der Waals surface area contributed by atoms with E-state index in [1.165, 1.54) is 51.4 Å². The summed E-state index contributed by atoms with van der Waals surface area (Å²) in [6.45, 7) is 4.66. The Labute approximate surface area is 202 Å². The van der Waals surface area contributed by atoms with Crippen molar-refractivity contribution in [1.29, 1.82) is 0 Å². The molecule has 150 valence electrons. The molecule has 0 aliphatic heterocycles. The van der Waals surface area contributed by atoms with E-state index >= 15 is 0 Å². The first-order valence-corrected chi connectivity index (χ1v) is 11.2. The fourth-order valence-electron chi connectivity index (χ4n) is 4.60. The fraction of sp³-hybridized carbons (Fsp3) is 0.591. The van der Waals surface area contributed by atoms with Crippen LogP contribution in [-0.4, -0.2) is 9.52 Å². The van der Waals surface area contributed by atoms with E-state index in [-0.39, 0.29) is 68.5 Å². The van der Waals surface area contributed by atoms with Gasteiger partial charge in [0.2, 0.25) is 0 Å². The van der Waals surface area contributed by atoms with Crippen LogP contribution in [0, 0.1) is 5.92 Å².